The van der Waals surface area contributed by atoms with Crippen molar-refractivity contribution in [3.8, 4) is 0 Å². The zero-order valence-electron chi connectivity index (χ0n) is 12.5. The van der Waals surface area contributed by atoms with Gasteiger partial charge in [-0.15, -0.1) is 0 Å². The summed E-state index contributed by atoms with van der Waals surface area (Å²) in [5, 5.41) is 0. The smallest absolute Gasteiger partial charge is 0.123 e. The Morgan fingerprint density at radius 1 is 1.32 bits per heavy atom. The topological polar surface area (TPSA) is 29.3 Å². The van der Waals surface area contributed by atoms with Crippen molar-refractivity contribution in [3.05, 3.63) is 35.6 Å². The van der Waals surface area contributed by atoms with Crippen LogP contribution in [0.3, 0.4) is 0 Å². The zero-order chi connectivity index (χ0) is 14.3. The molecule has 0 aliphatic carbocycles. The third kappa shape index (κ3) is 4.59. The van der Waals surface area contributed by atoms with Crippen LogP contribution in [0, 0.1) is 5.82 Å². The minimum atomic E-state index is -0.173. The van der Waals surface area contributed by atoms with E-state index in [0.29, 0.717) is 6.54 Å². The summed E-state index contributed by atoms with van der Waals surface area (Å²) in [6.07, 6.45) is 3.14. The van der Waals surface area contributed by atoms with Gasteiger partial charge in [0.15, 0.2) is 0 Å². The van der Waals surface area contributed by atoms with E-state index in [-0.39, 0.29) is 11.4 Å². The van der Waals surface area contributed by atoms with E-state index in [4.69, 9.17) is 5.73 Å². The first kappa shape index (κ1) is 16.1. The third-order valence-electron chi connectivity index (χ3n) is 3.84. The molecule has 0 saturated carbocycles. The molecule has 0 bridgehead atoms. The number of hydrogen-bond acceptors (Lipinski definition) is 2. The van der Waals surface area contributed by atoms with E-state index >= 15 is 0 Å². The Hall–Kier alpha value is -0.930. The Morgan fingerprint density at radius 2 is 2.05 bits per heavy atom. The van der Waals surface area contributed by atoms with Crippen LogP contribution >= 0.6 is 0 Å². The highest BCUT2D eigenvalue weighted by Gasteiger charge is 2.29. The molecular weight excluding hydrogens is 239 g/mol. The number of nitrogens with zero attached hydrogens (tertiary/aromatic N) is 1. The van der Waals surface area contributed by atoms with Gasteiger partial charge in [-0.05, 0) is 50.6 Å². The average Bonchev–Trinajstić information content (AvgIpc) is 2.39. The van der Waals surface area contributed by atoms with Crippen LogP contribution in [0.1, 0.15) is 39.2 Å². The van der Waals surface area contributed by atoms with Crippen molar-refractivity contribution in [1.82, 2.24) is 4.90 Å². The van der Waals surface area contributed by atoms with E-state index in [2.05, 4.69) is 25.7 Å². The normalized spacial score (nSPS) is 14.6. The Kier molecular flexibility index (Phi) is 6.46. The molecule has 1 aromatic rings. The second kappa shape index (κ2) is 7.61. The van der Waals surface area contributed by atoms with Crippen molar-refractivity contribution < 1.29 is 4.39 Å². The first-order valence-corrected chi connectivity index (χ1v) is 7.25. The van der Waals surface area contributed by atoms with Gasteiger partial charge in [0.05, 0.1) is 0 Å². The summed E-state index contributed by atoms with van der Waals surface area (Å²) in [5.41, 5.74) is 6.92. The van der Waals surface area contributed by atoms with Crippen LogP contribution in [0.5, 0.6) is 0 Å². The van der Waals surface area contributed by atoms with Crippen molar-refractivity contribution in [2.75, 3.05) is 19.6 Å². The van der Waals surface area contributed by atoms with Gasteiger partial charge in [-0.25, -0.2) is 4.39 Å². The summed E-state index contributed by atoms with van der Waals surface area (Å²) in [5.74, 6) is -0.173. The summed E-state index contributed by atoms with van der Waals surface area (Å²) in [7, 11) is 0. The Balaban J connectivity index is 2.83. The first-order chi connectivity index (χ1) is 9.05. The second-order valence-electron chi connectivity index (χ2n) is 5.44. The average molecular weight is 266 g/mol. The maximum Gasteiger partial charge on any atom is 0.123 e. The van der Waals surface area contributed by atoms with Crippen molar-refractivity contribution in [2.24, 2.45) is 5.73 Å². The lowest BCUT2D eigenvalue weighted by atomic mass is 9.90. The highest BCUT2D eigenvalue weighted by atomic mass is 19.1. The summed E-state index contributed by atoms with van der Waals surface area (Å²) < 4.78 is 13.3. The molecule has 0 aromatic heterocycles. The molecule has 0 saturated heterocycles. The van der Waals surface area contributed by atoms with Crippen molar-refractivity contribution in [3.63, 3.8) is 0 Å². The molecule has 0 spiro atoms. The molecule has 1 unspecified atom stereocenters. The minimum absolute atomic E-state index is 0.0995. The number of hydrogen-bond donors (Lipinski definition) is 1. The molecule has 3 heteroatoms. The van der Waals surface area contributed by atoms with Gasteiger partial charge in [-0.3, -0.25) is 4.90 Å². The van der Waals surface area contributed by atoms with Crippen LogP contribution in [0.15, 0.2) is 24.3 Å². The molecule has 0 fully saturated rings. The Morgan fingerprint density at radius 3 is 2.58 bits per heavy atom. The molecule has 1 atom stereocenters. The monoisotopic (exact) mass is 266 g/mol. The van der Waals surface area contributed by atoms with Gasteiger partial charge in [0.1, 0.15) is 5.82 Å². The van der Waals surface area contributed by atoms with Crippen molar-refractivity contribution in [1.29, 1.82) is 0 Å². The molecule has 0 heterocycles. The van der Waals surface area contributed by atoms with Gasteiger partial charge < -0.3 is 5.73 Å². The molecule has 1 aromatic carbocycles. The SMILES string of the molecule is CCCCN(CC)C(C)(CN)Cc1cccc(F)c1. The van der Waals surface area contributed by atoms with E-state index in [1.807, 2.05) is 6.07 Å². The molecule has 108 valence electrons. The molecule has 19 heavy (non-hydrogen) atoms. The van der Waals surface area contributed by atoms with E-state index in [1.165, 1.54) is 18.9 Å². The van der Waals surface area contributed by atoms with Crippen LogP contribution in [0.25, 0.3) is 0 Å². The summed E-state index contributed by atoms with van der Waals surface area (Å²) in [6, 6.07) is 6.84. The highest BCUT2D eigenvalue weighted by Crippen LogP contribution is 2.21. The fourth-order valence-corrected chi connectivity index (χ4v) is 2.56. The number of nitrogens with two attached hydrogens (primary N) is 1. The van der Waals surface area contributed by atoms with Gasteiger partial charge in [0.25, 0.3) is 0 Å². The van der Waals surface area contributed by atoms with Gasteiger partial charge >= 0.3 is 0 Å². The lowest BCUT2D eigenvalue weighted by molar-refractivity contribution is 0.115. The third-order valence-corrected chi connectivity index (χ3v) is 3.84. The molecule has 0 amide bonds. The van der Waals surface area contributed by atoms with Gasteiger partial charge in [-0.2, -0.15) is 0 Å². The van der Waals surface area contributed by atoms with Crippen LogP contribution in [0.2, 0.25) is 0 Å². The summed E-state index contributed by atoms with van der Waals surface area (Å²) in [6.45, 7) is 9.15. The van der Waals surface area contributed by atoms with Gasteiger partial charge in [0, 0.05) is 12.1 Å². The minimum Gasteiger partial charge on any atom is -0.329 e. The summed E-state index contributed by atoms with van der Waals surface area (Å²) >= 11 is 0. The molecule has 0 aliphatic rings. The molecule has 1 rings (SSSR count). The van der Waals surface area contributed by atoms with E-state index in [1.54, 1.807) is 12.1 Å². The number of halogens is 1. The van der Waals surface area contributed by atoms with Gasteiger partial charge in [-0.1, -0.05) is 32.4 Å². The van der Waals surface area contributed by atoms with Crippen molar-refractivity contribution in [2.45, 2.75) is 45.6 Å². The number of unbranched alkanes of at least 4 members (excludes halogenated alkanes) is 1. The lowest BCUT2D eigenvalue weighted by Crippen LogP contribution is -2.53. The van der Waals surface area contributed by atoms with Crippen molar-refractivity contribution >= 4 is 0 Å². The first-order valence-electron chi connectivity index (χ1n) is 7.25. The largest absolute Gasteiger partial charge is 0.329 e. The quantitative estimate of drug-likeness (QED) is 0.783. The fourth-order valence-electron chi connectivity index (χ4n) is 2.56. The van der Waals surface area contributed by atoms with E-state index in [0.717, 1.165) is 25.1 Å². The lowest BCUT2D eigenvalue weighted by Gasteiger charge is -2.40. The summed E-state index contributed by atoms with van der Waals surface area (Å²) in [4.78, 5) is 2.42. The predicted octanol–water partition coefficient (Wildman–Crippen LogP) is 3.21. The molecule has 2 N–H and O–H groups in total. The molecule has 0 aliphatic heterocycles. The van der Waals surface area contributed by atoms with Crippen LogP contribution < -0.4 is 5.73 Å². The molecule has 2 nitrogen and oxygen atoms in total. The van der Waals surface area contributed by atoms with Crippen LogP contribution in [-0.2, 0) is 6.42 Å². The van der Waals surface area contributed by atoms with Crippen LogP contribution in [-0.4, -0.2) is 30.1 Å². The van der Waals surface area contributed by atoms with Crippen LogP contribution in [0.4, 0.5) is 4.39 Å². The fraction of sp³-hybridized carbons (Fsp3) is 0.625. The number of rotatable bonds is 8. The van der Waals surface area contributed by atoms with E-state index in [9.17, 15) is 4.39 Å². The van der Waals surface area contributed by atoms with Gasteiger partial charge in [0.2, 0.25) is 0 Å². The van der Waals surface area contributed by atoms with E-state index < -0.39 is 0 Å². The second-order valence-corrected chi connectivity index (χ2v) is 5.44. The molecular formula is C16H27FN2. The maximum absolute atomic E-state index is 13.3. The standard InChI is InChI=1S/C16H27FN2/c1-4-6-10-19(5-2)16(3,13-18)12-14-8-7-9-15(17)11-14/h7-9,11H,4-6,10,12-13,18H2,1-3H3. The predicted molar refractivity (Wildman–Crippen MR) is 79.7 cm³/mol. The number of benzene rings is 1. The number of likely N-dealkylation sites (N-methyl/N-ethyl adjacent to an activating group) is 1. The highest BCUT2D eigenvalue weighted by molar-refractivity contribution is 5.19. The Bertz CT molecular complexity index is 381. The molecule has 0 radical (unpaired) electrons. The maximum atomic E-state index is 13.3. The zero-order valence-corrected chi connectivity index (χ0v) is 12.5. The Labute approximate surface area is 116 Å².